The Morgan fingerprint density at radius 3 is 2.52 bits per heavy atom. The zero-order chi connectivity index (χ0) is 15.7. The van der Waals surface area contributed by atoms with Gasteiger partial charge in [-0.15, -0.1) is 0 Å². The lowest BCUT2D eigenvalue weighted by Crippen LogP contribution is -2.15. The first kappa shape index (κ1) is 17.0. The molecule has 0 aliphatic rings. The second-order valence-corrected chi connectivity index (χ2v) is 4.80. The van der Waals surface area contributed by atoms with E-state index in [-0.39, 0.29) is 6.42 Å². The number of unbranched alkanes of at least 4 members (excludes halogenated alkanes) is 3. The van der Waals surface area contributed by atoms with Gasteiger partial charge in [0.2, 0.25) is 5.78 Å². The number of rotatable bonds is 10. The van der Waals surface area contributed by atoms with Crippen LogP contribution in [-0.4, -0.2) is 30.6 Å². The van der Waals surface area contributed by atoms with Gasteiger partial charge in [0.1, 0.15) is 0 Å². The maximum absolute atomic E-state index is 11.2. The molecule has 5 nitrogen and oxygen atoms in total. The Labute approximate surface area is 124 Å². The summed E-state index contributed by atoms with van der Waals surface area (Å²) in [5.41, 5.74) is 0.603. The Kier molecular flexibility index (Phi) is 7.29. The van der Waals surface area contributed by atoms with Crippen molar-refractivity contribution in [3.63, 3.8) is 0 Å². The predicted molar refractivity (Wildman–Crippen MR) is 79.0 cm³/mol. The summed E-state index contributed by atoms with van der Waals surface area (Å²) >= 11 is 0. The number of ketones is 1. The molecule has 0 fully saturated rings. The molecule has 21 heavy (non-hydrogen) atoms. The number of carboxylic acid groups (broad SMARTS) is 1. The van der Waals surface area contributed by atoms with Crippen LogP contribution >= 0.6 is 0 Å². The zero-order valence-corrected chi connectivity index (χ0v) is 12.6. The van der Waals surface area contributed by atoms with Crippen LogP contribution in [0.15, 0.2) is 18.2 Å². The molecule has 116 valence electrons. The van der Waals surface area contributed by atoms with Crippen LogP contribution in [0, 0.1) is 0 Å². The van der Waals surface area contributed by atoms with Crippen molar-refractivity contribution in [1.82, 2.24) is 0 Å². The second-order valence-electron chi connectivity index (χ2n) is 4.80. The van der Waals surface area contributed by atoms with Crippen LogP contribution < -0.4 is 9.47 Å². The van der Waals surface area contributed by atoms with E-state index in [1.807, 2.05) is 0 Å². The molecule has 0 bridgehead atoms. The number of benzene rings is 1. The van der Waals surface area contributed by atoms with E-state index < -0.39 is 11.8 Å². The Morgan fingerprint density at radius 2 is 1.90 bits per heavy atom. The molecule has 0 aliphatic carbocycles. The lowest BCUT2D eigenvalue weighted by atomic mass is 10.1. The van der Waals surface area contributed by atoms with Gasteiger partial charge in [0.15, 0.2) is 11.5 Å². The molecule has 0 aromatic heterocycles. The largest absolute Gasteiger partial charge is 0.493 e. The van der Waals surface area contributed by atoms with E-state index in [1.165, 1.54) is 6.42 Å². The molecule has 1 aromatic rings. The molecule has 0 amide bonds. The number of hydrogen-bond acceptors (Lipinski definition) is 4. The fourth-order valence-electron chi connectivity index (χ4n) is 1.92. The molecule has 0 unspecified atom stereocenters. The molecule has 0 atom stereocenters. The molecule has 0 radical (unpaired) electrons. The topological polar surface area (TPSA) is 72.8 Å². The Bertz CT molecular complexity index is 482. The van der Waals surface area contributed by atoms with E-state index in [0.29, 0.717) is 23.7 Å². The van der Waals surface area contributed by atoms with Crippen LogP contribution in [0.4, 0.5) is 0 Å². The second kappa shape index (κ2) is 9.00. The summed E-state index contributed by atoms with van der Waals surface area (Å²) in [6.45, 7) is 2.72. The molecule has 0 spiro atoms. The van der Waals surface area contributed by atoms with Crippen molar-refractivity contribution in [1.29, 1.82) is 0 Å². The summed E-state index contributed by atoms with van der Waals surface area (Å²) in [5, 5.41) is 8.63. The number of ether oxygens (including phenoxy) is 2. The lowest BCUT2D eigenvalue weighted by Gasteiger charge is -2.12. The average Bonchev–Trinajstić information content (AvgIpc) is 2.47. The lowest BCUT2D eigenvalue weighted by molar-refractivity contribution is -0.148. The Morgan fingerprint density at radius 1 is 1.14 bits per heavy atom. The van der Waals surface area contributed by atoms with Crippen molar-refractivity contribution >= 4 is 11.8 Å². The summed E-state index contributed by atoms with van der Waals surface area (Å²) in [4.78, 5) is 21.8. The minimum atomic E-state index is -1.42. The Balaban J connectivity index is 2.66. The van der Waals surface area contributed by atoms with Gasteiger partial charge in [-0.25, -0.2) is 4.79 Å². The number of Topliss-reactive ketones (excluding diaryl/α,β-unsaturated/α-hetero) is 1. The minimum Gasteiger partial charge on any atom is -0.493 e. The Hall–Kier alpha value is -2.04. The molecule has 0 aliphatic heterocycles. The summed E-state index contributed by atoms with van der Waals surface area (Å²) in [6.07, 6.45) is 4.25. The van der Waals surface area contributed by atoms with Gasteiger partial charge in [-0.3, -0.25) is 4.79 Å². The van der Waals surface area contributed by atoms with Crippen molar-refractivity contribution in [2.75, 3.05) is 13.7 Å². The van der Waals surface area contributed by atoms with Crippen molar-refractivity contribution in [3.05, 3.63) is 23.8 Å². The van der Waals surface area contributed by atoms with Crippen LogP contribution in [0.25, 0.3) is 0 Å². The average molecular weight is 294 g/mol. The zero-order valence-electron chi connectivity index (χ0n) is 12.6. The molecular formula is C16H22O5. The van der Waals surface area contributed by atoms with E-state index in [0.717, 1.165) is 19.3 Å². The molecule has 0 heterocycles. The number of aliphatic carboxylic acids is 1. The SMILES string of the molecule is CCCCCCOc1cc(CC(=O)C(=O)O)ccc1OC. The maximum atomic E-state index is 11.2. The highest BCUT2D eigenvalue weighted by atomic mass is 16.5. The number of hydrogen-bond donors (Lipinski definition) is 1. The smallest absolute Gasteiger partial charge is 0.372 e. The minimum absolute atomic E-state index is 0.147. The van der Waals surface area contributed by atoms with E-state index in [2.05, 4.69) is 6.92 Å². The molecule has 1 rings (SSSR count). The van der Waals surface area contributed by atoms with Gasteiger partial charge < -0.3 is 14.6 Å². The van der Waals surface area contributed by atoms with Crippen molar-refractivity contribution < 1.29 is 24.2 Å². The maximum Gasteiger partial charge on any atom is 0.372 e. The monoisotopic (exact) mass is 294 g/mol. The van der Waals surface area contributed by atoms with E-state index >= 15 is 0 Å². The highest BCUT2D eigenvalue weighted by Gasteiger charge is 2.14. The highest BCUT2D eigenvalue weighted by molar-refractivity contribution is 6.33. The molecular weight excluding hydrogens is 272 g/mol. The van der Waals surface area contributed by atoms with E-state index in [1.54, 1.807) is 25.3 Å². The van der Waals surface area contributed by atoms with Gasteiger partial charge >= 0.3 is 5.97 Å². The number of carbonyl (C=O) groups excluding carboxylic acids is 1. The van der Waals surface area contributed by atoms with Gasteiger partial charge in [-0.05, 0) is 24.1 Å². The van der Waals surface area contributed by atoms with Crippen LogP contribution in [0.1, 0.15) is 38.2 Å². The normalized spacial score (nSPS) is 10.2. The standard InChI is InChI=1S/C16H22O5/c1-3-4-5-6-9-21-15-11-12(7-8-14(15)20-2)10-13(17)16(18)19/h7-8,11H,3-6,9-10H2,1-2H3,(H,18,19). The number of carboxylic acids is 1. The first-order valence-electron chi connectivity index (χ1n) is 7.14. The van der Waals surface area contributed by atoms with Gasteiger partial charge in [-0.2, -0.15) is 0 Å². The van der Waals surface area contributed by atoms with Crippen LogP contribution in [0.5, 0.6) is 11.5 Å². The van der Waals surface area contributed by atoms with Crippen molar-refractivity contribution in [3.8, 4) is 11.5 Å². The van der Waals surface area contributed by atoms with Gasteiger partial charge in [0, 0.05) is 6.42 Å². The van der Waals surface area contributed by atoms with Crippen LogP contribution in [-0.2, 0) is 16.0 Å². The van der Waals surface area contributed by atoms with Crippen LogP contribution in [0.3, 0.4) is 0 Å². The first-order valence-corrected chi connectivity index (χ1v) is 7.14. The molecule has 0 saturated heterocycles. The third-order valence-corrected chi connectivity index (χ3v) is 3.09. The van der Waals surface area contributed by atoms with Crippen molar-refractivity contribution in [2.24, 2.45) is 0 Å². The van der Waals surface area contributed by atoms with Crippen LogP contribution in [0.2, 0.25) is 0 Å². The summed E-state index contributed by atoms with van der Waals surface area (Å²) < 4.78 is 10.9. The van der Waals surface area contributed by atoms with Gasteiger partial charge in [0.25, 0.3) is 0 Å². The quantitative estimate of drug-likeness (QED) is 0.530. The van der Waals surface area contributed by atoms with Crippen molar-refractivity contribution in [2.45, 2.75) is 39.0 Å². The summed E-state index contributed by atoms with van der Waals surface area (Å²) in [5.74, 6) is -1.14. The molecule has 0 saturated carbocycles. The number of carbonyl (C=O) groups is 2. The van der Waals surface area contributed by atoms with E-state index in [4.69, 9.17) is 14.6 Å². The number of methoxy groups -OCH3 is 1. The third kappa shape index (κ3) is 5.85. The first-order chi connectivity index (χ1) is 10.1. The fraction of sp³-hybridized carbons (Fsp3) is 0.500. The summed E-state index contributed by atoms with van der Waals surface area (Å²) in [7, 11) is 1.54. The fourth-order valence-corrected chi connectivity index (χ4v) is 1.92. The summed E-state index contributed by atoms with van der Waals surface area (Å²) in [6, 6.07) is 5.02. The molecule has 1 N–H and O–H groups in total. The molecule has 5 heteroatoms. The van der Waals surface area contributed by atoms with Gasteiger partial charge in [-0.1, -0.05) is 32.3 Å². The predicted octanol–water partition coefficient (Wildman–Crippen LogP) is 2.85. The molecule has 1 aromatic carbocycles. The highest BCUT2D eigenvalue weighted by Crippen LogP contribution is 2.28. The van der Waals surface area contributed by atoms with Gasteiger partial charge in [0.05, 0.1) is 13.7 Å². The third-order valence-electron chi connectivity index (χ3n) is 3.09. The van der Waals surface area contributed by atoms with E-state index in [9.17, 15) is 9.59 Å².